The van der Waals surface area contributed by atoms with Gasteiger partial charge in [-0.15, -0.1) is 0 Å². The van der Waals surface area contributed by atoms with Crippen LogP contribution in [0.4, 0.5) is 4.79 Å². The van der Waals surface area contributed by atoms with Crippen LogP contribution in [0.25, 0.3) is 0 Å². The molecule has 0 heterocycles. The third-order valence-corrected chi connectivity index (χ3v) is 4.87. The molecule has 2 atom stereocenters. The predicted molar refractivity (Wildman–Crippen MR) is 71.8 cm³/mol. The van der Waals surface area contributed by atoms with Crippen LogP contribution in [0, 0.1) is 17.3 Å². The summed E-state index contributed by atoms with van der Waals surface area (Å²) in [5, 5.41) is 14.8. The summed E-state index contributed by atoms with van der Waals surface area (Å²) in [6.45, 7) is 5.06. The minimum atomic E-state index is -0.802. The normalized spacial score (nSPS) is 28.2. The largest absolute Gasteiger partial charge is 0.481 e. The second kappa shape index (κ2) is 5.39. The van der Waals surface area contributed by atoms with Crippen molar-refractivity contribution in [2.75, 3.05) is 6.54 Å². The number of carboxylic acid groups (broad SMARTS) is 1. The standard InChI is InChI=1S/C14H24N2O3/c1-9(2)14(6-7-14)8-15-13(19)16-11-5-3-4-10(11)12(17)18/h9-11H,3-8H2,1-2H3,(H,17,18)(H2,15,16,19). The van der Waals surface area contributed by atoms with Crippen LogP contribution in [-0.4, -0.2) is 29.7 Å². The topological polar surface area (TPSA) is 78.4 Å². The van der Waals surface area contributed by atoms with E-state index < -0.39 is 11.9 Å². The van der Waals surface area contributed by atoms with E-state index in [-0.39, 0.29) is 17.5 Å². The molecule has 2 fully saturated rings. The third-order valence-electron chi connectivity index (χ3n) is 4.87. The van der Waals surface area contributed by atoms with Crippen molar-refractivity contribution in [2.45, 2.75) is 52.0 Å². The van der Waals surface area contributed by atoms with E-state index in [0.717, 1.165) is 12.8 Å². The van der Waals surface area contributed by atoms with Crippen molar-refractivity contribution in [2.24, 2.45) is 17.3 Å². The highest BCUT2D eigenvalue weighted by Crippen LogP contribution is 2.51. The Balaban J connectivity index is 1.77. The van der Waals surface area contributed by atoms with Crippen molar-refractivity contribution >= 4 is 12.0 Å². The van der Waals surface area contributed by atoms with Gasteiger partial charge >= 0.3 is 12.0 Å². The first-order valence-corrected chi connectivity index (χ1v) is 7.22. The number of hydrogen-bond acceptors (Lipinski definition) is 2. The Morgan fingerprint density at radius 3 is 2.53 bits per heavy atom. The highest BCUT2D eigenvalue weighted by atomic mass is 16.4. The van der Waals surface area contributed by atoms with Crippen molar-refractivity contribution in [3.05, 3.63) is 0 Å². The summed E-state index contributed by atoms with van der Waals surface area (Å²) in [6.07, 6.45) is 4.64. The van der Waals surface area contributed by atoms with Gasteiger partial charge in [-0.25, -0.2) is 4.79 Å². The lowest BCUT2D eigenvalue weighted by molar-refractivity contribution is -0.142. The maximum Gasteiger partial charge on any atom is 0.315 e. The molecule has 0 bridgehead atoms. The molecule has 0 aliphatic heterocycles. The average molecular weight is 268 g/mol. The summed E-state index contributed by atoms with van der Waals surface area (Å²) >= 11 is 0. The molecule has 0 radical (unpaired) electrons. The molecule has 0 aromatic heterocycles. The smallest absolute Gasteiger partial charge is 0.315 e. The van der Waals surface area contributed by atoms with Gasteiger partial charge in [0.25, 0.3) is 0 Å². The van der Waals surface area contributed by atoms with Crippen LogP contribution in [-0.2, 0) is 4.79 Å². The summed E-state index contributed by atoms with van der Waals surface area (Å²) in [7, 11) is 0. The van der Waals surface area contributed by atoms with Gasteiger partial charge in [-0.1, -0.05) is 20.3 Å². The summed E-state index contributed by atoms with van der Waals surface area (Å²) < 4.78 is 0. The Kier molecular flexibility index (Phi) is 4.02. The van der Waals surface area contributed by atoms with Gasteiger partial charge in [0.1, 0.15) is 0 Å². The zero-order valence-corrected chi connectivity index (χ0v) is 11.7. The van der Waals surface area contributed by atoms with Crippen molar-refractivity contribution in [1.29, 1.82) is 0 Å². The second-order valence-electron chi connectivity index (χ2n) is 6.33. The molecule has 2 rings (SSSR count). The van der Waals surface area contributed by atoms with Crippen LogP contribution in [0.3, 0.4) is 0 Å². The molecule has 0 saturated heterocycles. The van der Waals surface area contributed by atoms with E-state index in [9.17, 15) is 9.59 Å². The first-order valence-electron chi connectivity index (χ1n) is 7.22. The van der Waals surface area contributed by atoms with Crippen molar-refractivity contribution in [3.8, 4) is 0 Å². The van der Waals surface area contributed by atoms with Crippen LogP contribution in [0.5, 0.6) is 0 Å². The van der Waals surface area contributed by atoms with E-state index in [1.54, 1.807) is 0 Å². The fourth-order valence-corrected chi connectivity index (χ4v) is 3.02. The molecule has 0 aromatic carbocycles. The second-order valence-corrected chi connectivity index (χ2v) is 6.33. The Morgan fingerprint density at radius 2 is 2.00 bits per heavy atom. The van der Waals surface area contributed by atoms with Gasteiger partial charge in [-0.05, 0) is 37.0 Å². The molecule has 2 amide bonds. The fourth-order valence-electron chi connectivity index (χ4n) is 3.02. The zero-order chi connectivity index (χ0) is 14.0. The van der Waals surface area contributed by atoms with E-state index in [1.807, 2.05) is 0 Å². The minimum Gasteiger partial charge on any atom is -0.481 e. The first kappa shape index (κ1) is 14.2. The molecule has 5 heteroatoms. The van der Waals surface area contributed by atoms with Crippen LogP contribution >= 0.6 is 0 Å². The SMILES string of the molecule is CC(C)C1(CNC(=O)NC2CCCC2C(=O)O)CC1. The molecule has 5 nitrogen and oxygen atoms in total. The van der Waals surface area contributed by atoms with Crippen LogP contribution < -0.4 is 10.6 Å². The van der Waals surface area contributed by atoms with E-state index >= 15 is 0 Å². The van der Waals surface area contributed by atoms with Crippen molar-refractivity contribution in [3.63, 3.8) is 0 Å². The number of carbonyl (C=O) groups is 2. The summed E-state index contributed by atoms with van der Waals surface area (Å²) in [6, 6.07) is -0.434. The lowest BCUT2D eigenvalue weighted by Crippen LogP contribution is -2.47. The Bertz CT molecular complexity index is 364. The van der Waals surface area contributed by atoms with E-state index in [4.69, 9.17) is 5.11 Å². The van der Waals surface area contributed by atoms with Gasteiger partial charge in [0.15, 0.2) is 0 Å². The minimum absolute atomic E-state index is 0.216. The first-order chi connectivity index (χ1) is 8.94. The molecule has 2 aliphatic carbocycles. The molecule has 0 aromatic rings. The lowest BCUT2D eigenvalue weighted by Gasteiger charge is -2.22. The van der Waals surface area contributed by atoms with E-state index in [1.165, 1.54) is 12.8 Å². The van der Waals surface area contributed by atoms with Crippen molar-refractivity contribution < 1.29 is 14.7 Å². The molecule has 3 N–H and O–H groups in total. The number of carbonyl (C=O) groups excluding carboxylic acids is 1. The van der Waals surface area contributed by atoms with E-state index in [0.29, 0.717) is 18.9 Å². The molecule has 108 valence electrons. The monoisotopic (exact) mass is 268 g/mol. The quantitative estimate of drug-likeness (QED) is 0.713. The van der Waals surface area contributed by atoms with Gasteiger partial charge in [0, 0.05) is 12.6 Å². The molecule has 2 unspecified atom stereocenters. The molecule has 0 spiro atoms. The van der Waals surface area contributed by atoms with Gasteiger partial charge in [0.05, 0.1) is 5.92 Å². The number of carboxylic acids is 1. The summed E-state index contributed by atoms with van der Waals surface area (Å²) in [5.41, 5.74) is 0.277. The van der Waals surface area contributed by atoms with E-state index in [2.05, 4.69) is 24.5 Å². The third kappa shape index (κ3) is 3.19. The maximum absolute atomic E-state index is 11.8. The number of aliphatic carboxylic acids is 1. The molecule has 19 heavy (non-hydrogen) atoms. The number of nitrogens with one attached hydrogen (secondary N) is 2. The molecule has 2 aliphatic rings. The highest BCUT2D eigenvalue weighted by molar-refractivity contribution is 5.77. The lowest BCUT2D eigenvalue weighted by atomic mass is 9.92. The van der Waals surface area contributed by atoms with Gasteiger partial charge < -0.3 is 15.7 Å². The number of rotatable bonds is 5. The average Bonchev–Trinajstić information content (AvgIpc) is 3.00. The molecular formula is C14H24N2O3. The number of urea groups is 1. The number of amides is 2. The fraction of sp³-hybridized carbons (Fsp3) is 0.857. The Hall–Kier alpha value is -1.26. The van der Waals surface area contributed by atoms with Crippen molar-refractivity contribution in [1.82, 2.24) is 10.6 Å². The summed E-state index contributed by atoms with van der Waals surface area (Å²) in [4.78, 5) is 22.9. The van der Waals surface area contributed by atoms with Crippen LogP contribution in [0.1, 0.15) is 46.0 Å². The number of hydrogen-bond donors (Lipinski definition) is 3. The predicted octanol–water partition coefficient (Wildman–Crippen LogP) is 1.98. The Morgan fingerprint density at radius 1 is 1.32 bits per heavy atom. The Labute approximate surface area is 114 Å². The molecular weight excluding hydrogens is 244 g/mol. The van der Waals surface area contributed by atoms with Gasteiger partial charge in [-0.3, -0.25) is 4.79 Å². The van der Waals surface area contributed by atoms with Crippen LogP contribution in [0.2, 0.25) is 0 Å². The zero-order valence-electron chi connectivity index (χ0n) is 11.7. The van der Waals surface area contributed by atoms with Gasteiger partial charge in [-0.2, -0.15) is 0 Å². The summed E-state index contributed by atoms with van der Waals surface area (Å²) in [5.74, 6) is -0.652. The van der Waals surface area contributed by atoms with Crippen LogP contribution in [0.15, 0.2) is 0 Å². The van der Waals surface area contributed by atoms with Gasteiger partial charge in [0.2, 0.25) is 0 Å². The molecule has 2 saturated carbocycles. The maximum atomic E-state index is 11.8. The highest BCUT2D eigenvalue weighted by Gasteiger charge is 2.45.